The first kappa shape index (κ1) is 16.7. The summed E-state index contributed by atoms with van der Waals surface area (Å²) in [7, 11) is 0. The number of nitrogens with one attached hydrogen (secondary N) is 3. The number of ether oxygens (including phenoxy) is 1. The Morgan fingerprint density at radius 3 is 2.68 bits per heavy atom. The Hall–Kier alpha value is -3.16. The molecule has 0 aromatic carbocycles. The molecule has 8 nitrogen and oxygen atoms in total. The fourth-order valence-electron chi connectivity index (χ4n) is 2.87. The zero-order valence-corrected chi connectivity index (χ0v) is 14.3. The monoisotopic (exact) mass is 341 g/mol. The Balaban J connectivity index is 2.00. The molecule has 3 heterocycles. The molecule has 0 aliphatic carbocycles. The van der Waals surface area contributed by atoms with Crippen LogP contribution in [0.5, 0.6) is 0 Å². The SMILES string of the molecule is CCOC(=O)c1c(C)[nH]c(Cc2nccnc2-c2c[nH][nH]c2=O)c1C. The molecule has 0 spiro atoms. The van der Waals surface area contributed by atoms with E-state index in [0.717, 1.165) is 17.0 Å². The van der Waals surface area contributed by atoms with Gasteiger partial charge in [-0.05, 0) is 26.3 Å². The molecule has 3 aromatic rings. The molecule has 0 atom stereocenters. The van der Waals surface area contributed by atoms with Crippen LogP contribution in [0.4, 0.5) is 0 Å². The molecule has 0 aliphatic rings. The van der Waals surface area contributed by atoms with Gasteiger partial charge in [-0.3, -0.25) is 19.9 Å². The zero-order chi connectivity index (χ0) is 18.0. The van der Waals surface area contributed by atoms with E-state index in [1.54, 1.807) is 25.5 Å². The van der Waals surface area contributed by atoms with Crippen molar-refractivity contribution in [2.75, 3.05) is 6.61 Å². The summed E-state index contributed by atoms with van der Waals surface area (Å²) in [6.45, 7) is 5.79. The molecule has 0 aliphatic heterocycles. The summed E-state index contributed by atoms with van der Waals surface area (Å²) in [4.78, 5) is 35.9. The van der Waals surface area contributed by atoms with E-state index < -0.39 is 0 Å². The minimum atomic E-state index is -0.346. The van der Waals surface area contributed by atoms with Gasteiger partial charge in [-0.15, -0.1) is 0 Å². The van der Waals surface area contributed by atoms with Gasteiger partial charge in [0.25, 0.3) is 5.56 Å². The van der Waals surface area contributed by atoms with Crippen molar-refractivity contribution >= 4 is 5.97 Å². The molecule has 0 bridgehead atoms. The maximum absolute atomic E-state index is 12.1. The maximum Gasteiger partial charge on any atom is 0.340 e. The van der Waals surface area contributed by atoms with Gasteiger partial charge in [0.05, 0.1) is 29.1 Å². The highest BCUT2D eigenvalue weighted by molar-refractivity contribution is 5.92. The Morgan fingerprint density at radius 1 is 1.24 bits per heavy atom. The third kappa shape index (κ3) is 3.10. The number of carbonyl (C=O) groups is 1. The second kappa shape index (κ2) is 6.76. The highest BCUT2D eigenvalue weighted by Crippen LogP contribution is 2.24. The van der Waals surface area contributed by atoms with Crippen LogP contribution in [0.25, 0.3) is 11.3 Å². The predicted octanol–water partition coefficient (Wildman–Crippen LogP) is 1.87. The molecule has 8 heteroatoms. The topological polar surface area (TPSA) is 117 Å². The molecule has 25 heavy (non-hydrogen) atoms. The van der Waals surface area contributed by atoms with E-state index in [1.165, 1.54) is 0 Å². The second-order valence-corrected chi connectivity index (χ2v) is 5.63. The van der Waals surface area contributed by atoms with Gasteiger partial charge >= 0.3 is 5.97 Å². The van der Waals surface area contributed by atoms with Gasteiger partial charge in [-0.25, -0.2) is 4.79 Å². The van der Waals surface area contributed by atoms with Gasteiger partial charge < -0.3 is 14.8 Å². The number of hydrogen-bond acceptors (Lipinski definition) is 5. The van der Waals surface area contributed by atoms with Crippen molar-refractivity contribution in [3.05, 3.63) is 57.2 Å². The minimum Gasteiger partial charge on any atom is -0.462 e. The molecular weight excluding hydrogens is 322 g/mol. The van der Waals surface area contributed by atoms with Gasteiger partial charge in [0.15, 0.2) is 0 Å². The Bertz CT molecular complexity index is 967. The Morgan fingerprint density at radius 2 is 2.00 bits per heavy atom. The van der Waals surface area contributed by atoms with E-state index in [1.807, 2.05) is 13.8 Å². The molecule has 0 saturated carbocycles. The molecule has 0 saturated heterocycles. The predicted molar refractivity (Wildman–Crippen MR) is 91.5 cm³/mol. The van der Waals surface area contributed by atoms with Crippen LogP contribution in [-0.4, -0.2) is 37.7 Å². The van der Waals surface area contributed by atoms with E-state index in [-0.39, 0.29) is 11.5 Å². The van der Waals surface area contributed by atoms with Gasteiger partial charge in [0, 0.05) is 36.4 Å². The highest BCUT2D eigenvalue weighted by atomic mass is 16.5. The van der Waals surface area contributed by atoms with Crippen molar-refractivity contribution in [1.29, 1.82) is 0 Å². The third-order valence-electron chi connectivity index (χ3n) is 4.04. The lowest BCUT2D eigenvalue weighted by Gasteiger charge is -2.06. The summed E-state index contributed by atoms with van der Waals surface area (Å²) in [5.74, 6) is -0.346. The number of hydrogen-bond donors (Lipinski definition) is 3. The average molecular weight is 341 g/mol. The van der Waals surface area contributed by atoms with Crippen LogP contribution >= 0.6 is 0 Å². The number of aromatic amines is 3. The van der Waals surface area contributed by atoms with E-state index in [2.05, 4.69) is 25.1 Å². The van der Waals surface area contributed by atoms with Crippen molar-refractivity contribution in [3.63, 3.8) is 0 Å². The number of aromatic nitrogens is 5. The zero-order valence-electron chi connectivity index (χ0n) is 14.3. The fraction of sp³-hybridized carbons (Fsp3) is 0.294. The molecule has 0 amide bonds. The smallest absolute Gasteiger partial charge is 0.340 e. The molecule has 0 fully saturated rings. The molecular formula is C17H19N5O3. The first-order valence-electron chi connectivity index (χ1n) is 7.94. The quantitative estimate of drug-likeness (QED) is 0.613. The molecule has 0 unspecified atom stereocenters. The van der Waals surface area contributed by atoms with Gasteiger partial charge in [-0.1, -0.05) is 0 Å². The number of nitrogens with zero attached hydrogens (tertiary/aromatic N) is 2. The standard InChI is InChI=1S/C17H19N5O3/c1-4-25-17(24)14-9(2)12(21-10(14)3)7-13-15(19-6-5-18-13)11-8-20-22-16(11)23/h5-6,8,21H,4,7H2,1-3H3,(H2,20,22,23). The number of carbonyl (C=O) groups excluding carboxylic acids is 1. The molecule has 3 N–H and O–H groups in total. The number of aryl methyl sites for hydroxylation is 1. The van der Waals surface area contributed by atoms with Gasteiger partial charge in [0.1, 0.15) is 0 Å². The number of rotatable bonds is 5. The summed E-state index contributed by atoms with van der Waals surface area (Å²) in [5, 5.41) is 5.16. The van der Waals surface area contributed by atoms with Crippen LogP contribution in [0.2, 0.25) is 0 Å². The summed E-state index contributed by atoms with van der Waals surface area (Å²) >= 11 is 0. The van der Waals surface area contributed by atoms with Gasteiger partial charge in [0.2, 0.25) is 0 Å². The molecule has 130 valence electrons. The maximum atomic E-state index is 12.1. The van der Waals surface area contributed by atoms with Crippen molar-refractivity contribution in [2.45, 2.75) is 27.2 Å². The van der Waals surface area contributed by atoms with Crippen LogP contribution < -0.4 is 5.56 Å². The van der Waals surface area contributed by atoms with Crippen molar-refractivity contribution in [2.24, 2.45) is 0 Å². The Kier molecular flexibility index (Phi) is 4.51. The van der Waals surface area contributed by atoms with E-state index in [0.29, 0.717) is 35.5 Å². The fourth-order valence-corrected chi connectivity index (χ4v) is 2.87. The van der Waals surface area contributed by atoms with Gasteiger partial charge in [-0.2, -0.15) is 0 Å². The minimum absolute atomic E-state index is 0.256. The third-order valence-corrected chi connectivity index (χ3v) is 4.04. The molecule has 0 radical (unpaired) electrons. The number of esters is 1. The first-order chi connectivity index (χ1) is 12.0. The lowest BCUT2D eigenvalue weighted by molar-refractivity contribution is 0.0525. The summed E-state index contributed by atoms with van der Waals surface area (Å²) in [5.41, 5.74) is 4.27. The van der Waals surface area contributed by atoms with E-state index in [9.17, 15) is 9.59 Å². The largest absolute Gasteiger partial charge is 0.462 e. The van der Waals surface area contributed by atoms with E-state index in [4.69, 9.17) is 4.74 Å². The van der Waals surface area contributed by atoms with Crippen LogP contribution in [0.1, 0.15) is 39.9 Å². The normalized spacial score (nSPS) is 10.8. The number of H-pyrrole nitrogens is 3. The van der Waals surface area contributed by atoms with Crippen LogP contribution in [0.3, 0.4) is 0 Å². The molecule has 3 rings (SSSR count). The summed E-state index contributed by atoms with van der Waals surface area (Å²) in [6.07, 6.45) is 5.10. The average Bonchev–Trinajstić information content (AvgIpc) is 3.12. The summed E-state index contributed by atoms with van der Waals surface area (Å²) in [6, 6.07) is 0. The second-order valence-electron chi connectivity index (χ2n) is 5.63. The lowest BCUT2D eigenvalue weighted by atomic mass is 10.1. The van der Waals surface area contributed by atoms with E-state index >= 15 is 0 Å². The van der Waals surface area contributed by atoms with Crippen molar-refractivity contribution < 1.29 is 9.53 Å². The summed E-state index contributed by atoms with van der Waals surface area (Å²) < 4.78 is 5.12. The molecule has 3 aromatic heterocycles. The van der Waals surface area contributed by atoms with Crippen molar-refractivity contribution in [1.82, 2.24) is 25.1 Å². The van der Waals surface area contributed by atoms with Crippen LogP contribution in [0.15, 0.2) is 23.4 Å². The Labute approximate surface area is 143 Å². The highest BCUT2D eigenvalue weighted by Gasteiger charge is 2.21. The first-order valence-corrected chi connectivity index (χ1v) is 7.94. The van der Waals surface area contributed by atoms with Crippen molar-refractivity contribution in [3.8, 4) is 11.3 Å². The van der Waals surface area contributed by atoms with Crippen LogP contribution in [-0.2, 0) is 11.2 Å². The van der Waals surface area contributed by atoms with Crippen LogP contribution in [0, 0.1) is 13.8 Å². The lowest BCUT2D eigenvalue weighted by Crippen LogP contribution is -2.08.